The standard InChI is InChI=1S/C37H43FO2/c1-4-6-7-8-9-15-31(39)23-20-28-14-12-17-34(32(28)5-2)35-24-29(27-18-21-30(38)22-19-27)25-36(35)37(40)33-16-11-10-13-26(33)3/h10-14,16-19,21-22,25,29,35H,4-9,15,20,23-24H2,1-3H3. The lowest BCUT2D eigenvalue weighted by atomic mass is 9.81. The molecule has 0 saturated heterocycles. The molecule has 0 heterocycles. The normalized spacial score (nSPS) is 16.6. The molecule has 4 rings (SSSR count). The quantitative estimate of drug-likeness (QED) is 0.151. The van der Waals surface area contributed by atoms with Crippen molar-refractivity contribution >= 4 is 11.6 Å². The molecule has 2 atom stereocenters. The van der Waals surface area contributed by atoms with E-state index in [1.54, 1.807) is 0 Å². The van der Waals surface area contributed by atoms with E-state index in [4.69, 9.17) is 0 Å². The van der Waals surface area contributed by atoms with Gasteiger partial charge in [-0.15, -0.1) is 0 Å². The smallest absolute Gasteiger partial charge is 0.189 e. The van der Waals surface area contributed by atoms with Crippen LogP contribution in [0.15, 0.2) is 78.4 Å². The summed E-state index contributed by atoms with van der Waals surface area (Å²) in [4.78, 5) is 26.6. The number of carbonyl (C=O) groups is 2. The van der Waals surface area contributed by atoms with E-state index in [0.29, 0.717) is 18.6 Å². The Hall–Kier alpha value is -3.33. The second-order valence-corrected chi connectivity index (χ2v) is 11.3. The number of rotatable bonds is 14. The number of carbonyl (C=O) groups excluding carboxylic acids is 2. The zero-order chi connectivity index (χ0) is 28.5. The average Bonchev–Trinajstić information content (AvgIpc) is 3.41. The number of benzene rings is 3. The van der Waals surface area contributed by atoms with E-state index >= 15 is 0 Å². The third kappa shape index (κ3) is 7.24. The van der Waals surface area contributed by atoms with Crippen LogP contribution in [0.3, 0.4) is 0 Å². The van der Waals surface area contributed by atoms with E-state index in [9.17, 15) is 14.0 Å². The number of hydrogen-bond donors (Lipinski definition) is 0. The molecule has 0 amide bonds. The molecule has 0 saturated carbocycles. The summed E-state index contributed by atoms with van der Waals surface area (Å²) in [5, 5.41) is 0. The molecule has 0 N–H and O–H groups in total. The first-order valence-corrected chi connectivity index (χ1v) is 15.1. The van der Waals surface area contributed by atoms with E-state index in [1.807, 2.05) is 43.3 Å². The molecule has 1 aliphatic rings. The average molecular weight is 539 g/mol. The lowest BCUT2D eigenvalue weighted by molar-refractivity contribution is -0.119. The number of aryl methyl sites for hydroxylation is 2. The van der Waals surface area contributed by atoms with Crippen molar-refractivity contribution in [3.8, 4) is 0 Å². The molecular weight excluding hydrogens is 495 g/mol. The molecule has 0 aliphatic heterocycles. The van der Waals surface area contributed by atoms with Crippen molar-refractivity contribution in [3.63, 3.8) is 0 Å². The van der Waals surface area contributed by atoms with Crippen molar-refractivity contribution in [3.05, 3.63) is 118 Å². The van der Waals surface area contributed by atoms with Crippen molar-refractivity contribution in [2.45, 2.75) is 96.8 Å². The molecule has 0 radical (unpaired) electrons. The van der Waals surface area contributed by atoms with E-state index in [2.05, 4.69) is 38.1 Å². The predicted molar refractivity (Wildman–Crippen MR) is 163 cm³/mol. The molecule has 0 spiro atoms. The fourth-order valence-corrected chi connectivity index (χ4v) is 6.21. The van der Waals surface area contributed by atoms with Gasteiger partial charge >= 0.3 is 0 Å². The van der Waals surface area contributed by atoms with Gasteiger partial charge in [-0.3, -0.25) is 9.59 Å². The number of allylic oxidation sites excluding steroid dienone is 2. The van der Waals surface area contributed by atoms with Crippen LogP contribution in [-0.4, -0.2) is 11.6 Å². The monoisotopic (exact) mass is 538 g/mol. The van der Waals surface area contributed by atoms with Crippen molar-refractivity contribution in [1.29, 1.82) is 0 Å². The second kappa shape index (κ2) is 14.3. The second-order valence-electron chi connectivity index (χ2n) is 11.3. The maximum Gasteiger partial charge on any atom is 0.189 e. The number of ketones is 2. The summed E-state index contributed by atoms with van der Waals surface area (Å²) in [6, 6.07) is 20.8. The highest BCUT2D eigenvalue weighted by atomic mass is 19.1. The van der Waals surface area contributed by atoms with Crippen molar-refractivity contribution in [1.82, 2.24) is 0 Å². The van der Waals surface area contributed by atoms with Crippen LogP contribution in [0.25, 0.3) is 0 Å². The van der Waals surface area contributed by atoms with E-state index in [-0.39, 0.29) is 23.4 Å². The summed E-state index contributed by atoms with van der Waals surface area (Å²) in [7, 11) is 0. The Morgan fingerprint density at radius 3 is 2.33 bits per heavy atom. The van der Waals surface area contributed by atoms with Crippen molar-refractivity contribution < 1.29 is 14.0 Å². The van der Waals surface area contributed by atoms with Crippen LogP contribution in [0.5, 0.6) is 0 Å². The highest BCUT2D eigenvalue weighted by Crippen LogP contribution is 2.46. The Labute approximate surface area is 239 Å². The van der Waals surface area contributed by atoms with Crippen LogP contribution in [-0.2, 0) is 17.6 Å². The molecule has 0 fully saturated rings. The van der Waals surface area contributed by atoms with Gasteiger partial charge in [0.1, 0.15) is 11.6 Å². The maximum absolute atomic E-state index is 14.0. The molecule has 3 aromatic carbocycles. The van der Waals surface area contributed by atoms with Gasteiger partial charge in [-0.25, -0.2) is 4.39 Å². The maximum atomic E-state index is 14.0. The van der Waals surface area contributed by atoms with Gasteiger partial charge < -0.3 is 0 Å². The summed E-state index contributed by atoms with van der Waals surface area (Å²) in [6.45, 7) is 6.35. The minimum absolute atomic E-state index is 0.0382. The molecule has 210 valence electrons. The summed E-state index contributed by atoms with van der Waals surface area (Å²) in [6.07, 6.45) is 11.5. The van der Waals surface area contributed by atoms with Crippen LogP contribution in [0.2, 0.25) is 0 Å². The number of unbranched alkanes of at least 4 members (excludes halogenated alkanes) is 4. The lowest BCUT2D eigenvalue weighted by Gasteiger charge is -2.22. The minimum atomic E-state index is -0.255. The van der Waals surface area contributed by atoms with Crippen LogP contribution >= 0.6 is 0 Å². The lowest BCUT2D eigenvalue weighted by Crippen LogP contribution is -2.13. The van der Waals surface area contributed by atoms with Crippen molar-refractivity contribution in [2.75, 3.05) is 0 Å². The summed E-state index contributed by atoms with van der Waals surface area (Å²) >= 11 is 0. The van der Waals surface area contributed by atoms with Crippen LogP contribution in [0.4, 0.5) is 4.39 Å². The Bertz CT molecular complexity index is 1330. The Balaban J connectivity index is 1.60. The van der Waals surface area contributed by atoms with E-state index in [1.165, 1.54) is 48.1 Å². The highest BCUT2D eigenvalue weighted by Gasteiger charge is 2.34. The molecule has 1 aliphatic carbocycles. The minimum Gasteiger partial charge on any atom is -0.300 e. The topological polar surface area (TPSA) is 34.1 Å². The molecule has 3 aromatic rings. The van der Waals surface area contributed by atoms with Gasteiger partial charge in [-0.05, 0) is 72.6 Å². The van der Waals surface area contributed by atoms with Gasteiger partial charge in [0.25, 0.3) is 0 Å². The first-order chi connectivity index (χ1) is 19.4. The summed E-state index contributed by atoms with van der Waals surface area (Å²) in [5.41, 5.74) is 7.20. The first kappa shape index (κ1) is 29.6. The molecule has 2 nitrogen and oxygen atoms in total. The third-order valence-electron chi connectivity index (χ3n) is 8.47. The SMILES string of the molecule is CCCCCCCC(=O)CCc1cccc(C2CC(c3ccc(F)cc3)C=C2C(=O)c2ccccc2C)c1CC. The number of halogens is 1. The number of hydrogen-bond acceptors (Lipinski definition) is 2. The Morgan fingerprint density at radius 2 is 1.60 bits per heavy atom. The van der Waals surface area contributed by atoms with Gasteiger partial charge in [0, 0.05) is 35.8 Å². The van der Waals surface area contributed by atoms with E-state index in [0.717, 1.165) is 54.4 Å². The Kier molecular flexibility index (Phi) is 10.6. The van der Waals surface area contributed by atoms with Gasteiger partial charge in [-0.2, -0.15) is 0 Å². The summed E-state index contributed by atoms with van der Waals surface area (Å²) in [5.74, 6) is 0.146. The molecular formula is C37H43FO2. The molecule has 3 heteroatoms. The van der Waals surface area contributed by atoms with Gasteiger partial charge in [0.2, 0.25) is 0 Å². The fraction of sp³-hybridized carbons (Fsp3) is 0.405. The highest BCUT2D eigenvalue weighted by molar-refractivity contribution is 6.11. The van der Waals surface area contributed by atoms with Crippen LogP contribution in [0, 0.1) is 12.7 Å². The largest absolute Gasteiger partial charge is 0.300 e. The van der Waals surface area contributed by atoms with Crippen LogP contribution < -0.4 is 0 Å². The predicted octanol–water partition coefficient (Wildman–Crippen LogP) is 9.64. The molecule has 2 unspecified atom stereocenters. The van der Waals surface area contributed by atoms with Crippen LogP contribution in [0.1, 0.15) is 115 Å². The zero-order valence-corrected chi connectivity index (χ0v) is 24.3. The van der Waals surface area contributed by atoms with Gasteiger partial charge in [-0.1, -0.05) is 100 Å². The zero-order valence-electron chi connectivity index (χ0n) is 24.3. The molecule has 0 aromatic heterocycles. The number of Topliss-reactive ketones (excluding diaryl/α,β-unsaturated/α-hetero) is 2. The molecule has 0 bridgehead atoms. The third-order valence-corrected chi connectivity index (χ3v) is 8.47. The van der Waals surface area contributed by atoms with Crippen molar-refractivity contribution in [2.24, 2.45) is 0 Å². The first-order valence-electron chi connectivity index (χ1n) is 15.1. The Morgan fingerprint density at radius 1 is 0.850 bits per heavy atom. The molecule has 40 heavy (non-hydrogen) atoms. The summed E-state index contributed by atoms with van der Waals surface area (Å²) < 4.78 is 13.7. The fourth-order valence-electron chi connectivity index (χ4n) is 6.21. The van der Waals surface area contributed by atoms with E-state index < -0.39 is 0 Å². The van der Waals surface area contributed by atoms with Gasteiger partial charge in [0.15, 0.2) is 5.78 Å². The van der Waals surface area contributed by atoms with Gasteiger partial charge in [0.05, 0.1) is 0 Å².